The quantitative estimate of drug-likeness (QED) is 0.561. The van der Waals surface area contributed by atoms with Crippen LogP contribution in [0.15, 0.2) is 12.1 Å². The van der Waals surface area contributed by atoms with Crippen LogP contribution in [0, 0.1) is 10.1 Å². The van der Waals surface area contributed by atoms with Crippen LogP contribution in [0.4, 0.5) is 5.69 Å². The highest BCUT2D eigenvalue weighted by Crippen LogP contribution is 2.35. The van der Waals surface area contributed by atoms with Crippen LogP contribution < -0.4 is 9.47 Å². The average Bonchev–Trinajstić information content (AvgIpc) is 2.56. The van der Waals surface area contributed by atoms with Crippen molar-refractivity contribution in [1.29, 1.82) is 0 Å². The van der Waals surface area contributed by atoms with Crippen molar-refractivity contribution in [2.24, 2.45) is 0 Å². The Hall–Kier alpha value is -1.86. The molecule has 1 aliphatic rings. The summed E-state index contributed by atoms with van der Waals surface area (Å²) in [6.07, 6.45) is 3.55. The first-order valence-corrected chi connectivity index (χ1v) is 8.20. The molecule has 2 atom stereocenters. The lowest BCUT2D eigenvalue weighted by atomic mass is 9.98. The maximum absolute atomic E-state index is 11.3. The number of nitro benzene ring substituents is 1. The number of hydrogen-bond acceptors (Lipinski definition) is 6. The van der Waals surface area contributed by atoms with E-state index in [0.717, 1.165) is 12.8 Å². The fraction of sp³-hybridized carbons (Fsp3) is 0.647. The van der Waals surface area contributed by atoms with E-state index < -0.39 is 4.92 Å². The molecule has 1 aliphatic heterocycles. The van der Waals surface area contributed by atoms with Crippen molar-refractivity contribution in [3.05, 3.63) is 27.8 Å². The average molecular weight is 338 g/mol. The Bertz CT molecular complexity index is 568. The van der Waals surface area contributed by atoms with Gasteiger partial charge in [0.2, 0.25) is 0 Å². The first-order chi connectivity index (χ1) is 11.5. The zero-order valence-corrected chi connectivity index (χ0v) is 14.8. The van der Waals surface area contributed by atoms with E-state index in [1.165, 1.54) is 26.7 Å². The van der Waals surface area contributed by atoms with Gasteiger partial charge in [-0.15, -0.1) is 0 Å². The van der Waals surface area contributed by atoms with Crippen LogP contribution in [0.3, 0.4) is 0 Å². The largest absolute Gasteiger partial charge is 0.493 e. The molecule has 0 aliphatic carbocycles. The lowest BCUT2D eigenvalue weighted by molar-refractivity contribution is -0.386. The highest BCUT2D eigenvalue weighted by Gasteiger charge is 2.25. The SMILES string of the molecule is COc1cc(COCN2C(C)CCCC2C)c([N+](=O)[O-])cc1OC. The molecule has 0 saturated carbocycles. The van der Waals surface area contributed by atoms with Crippen molar-refractivity contribution in [3.63, 3.8) is 0 Å². The molecule has 1 heterocycles. The third-order valence-corrected chi connectivity index (χ3v) is 4.66. The van der Waals surface area contributed by atoms with E-state index in [9.17, 15) is 10.1 Å². The van der Waals surface area contributed by atoms with E-state index >= 15 is 0 Å². The molecule has 0 radical (unpaired) electrons. The van der Waals surface area contributed by atoms with Gasteiger partial charge in [0.05, 0.1) is 44.1 Å². The molecule has 1 fully saturated rings. The number of nitrogens with zero attached hydrogens (tertiary/aromatic N) is 2. The normalized spacial score (nSPS) is 21.5. The third kappa shape index (κ3) is 4.15. The zero-order chi connectivity index (χ0) is 17.7. The summed E-state index contributed by atoms with van der Waals surface area (Å²) in [5.41, 5.74) is 0.461. The van der Waals surface area contributed by atoms with Crippen molar-refractivity contribution in [2.45, 2.75) is 51.8 Å². The fourth-order valence-electron chi connectivity index (χ4n) is 3.19. The molecule has 1 aromatic rings. The Morgan fingerprint density at radius 1 is 1.17 bits per heavy atom. The van der Waals surface area contributed by atoms with Gasteiger partial charge in [0, 0.05) is 12.1 Å². The van der Waals surface area contributed by atoms with E-state index in [2.05, 4.69) is 18.7 Å². The lowest BCUT2D eigenvalue weighted by Crippen LogP contribution is -2.44. The first-order valence-electron chi connectivity index (χ1n) is 8.20. The monoisotopic (exact) mass is 338 g/mol. The minimum absolute atomic E-state index is 0.0209. The van der Waals surface area contributed by atoms with Gasteiger partial charge in [-0.05, 0) is 32.8 Å². The molecule has 1 saturated heterocycles. The third-order valence-electron chi connectivity index (χ3n) is 4.66. The molecule has 0 spiro atoms. The number of piperidine rings is 1. The topological polar surface area (TPSA) is 74.1 Å². The summed E-state index contributed by atoms with van der Waals surface area (Å²) in [5, 5.41) is 11.3. The summed E-state index contributed by atoms with van der Waals surface area (Å²) in [7, 11) is 2.96. The van der Waals surface area contributed by atoms with Gasteiger partial charge in [-0.1, -0.05) is 6.42 Å². The van der Waals surface area contributed by atoms with E-state index in [0.29, 0.717) is 35.9 Å². The number of hydrogen-bond donors (Lipinski definition) is 0. The second-order valence-corrected chi connectivity index (χ2v) is 6.21. The molecular formula is C17H26N2O5. The maximum Gasteiger partial charge on any atom is 0.278 e. The van der Waals surface area contributed by atoms with Crippen LogP contribution in [-0.2, 0) is 11.3 Å². The van der Waals surface area contributed by atoms with E-state index in [-0.39, 0.29) is 12.3 Å². The number of rotatable bonds is 7. The summed E-state index contributed by atoms with van der Waals surface area (Å²) in [6, 6.07) is 3.92. The fourth-order valence-corrected chi connectivity index (χ4v) is 3.19. The molecule has 24 heavy (non-hydrogen) atoms. The molecule has 0 amide bonds. The van der Waals surface area contributed by atoms with Gasteiger partial charge >= 0.3 is 0 Å². The van der Waals surface area contributed by atoms with Gasteiger partial charge in [0.1, 0.15) is 0 Å². The van der Waals surface area contributed by atoms with E-state index in [4.69, 9.17) is 14.2 Å². The van der Waals surface area contributed by atoms with E-state index in [1.807, 2.05) is 0 Å². The predicted octanol–water partition coefficient (Wildman–Crippen LogP) is 3.35. The van der Waals surface area contributed by atoms with Gasteiger partial charge in [-0.2, -0.15) is 0 Å². The molecule has 1 aromatic carbocycles. The van der Waals surface area contributed by atoms with Crippen molar-refractivity contribution < 1.29 is 19.1 Å². The minimum Gasteiger partial charge on any atom is -0.493 e. The number of likely N-dealkylation sites (tertiary alicyclic amines) is 1. The number of nitro groups is 1. The van der Waals surface area contributed by atoms with Gasteiger partial charge in [-0.25, -0.2) is 0 Å². The molecular weight excluding hydrogens is 312 g/mol. The van der Waals surface area contributed by atoms with Crippen LogP contribution in [0.2, 0.25) is 0 Å². The predicted molar refractivity (Wildman–Crippen MR) is 90.5 cm³/mol. The highest BCUT2D eigenvalue weighted by atomic mass is 16.6. The zero-order valence-electron chi connectivity index (χ0n) is 14.8. The second kappa shape index (κ2) is 8.30. The van der Waals surface area contributed by atoms with Crippen LogP contribution in [0.25, 0.3) is 0 Å². The Morgan fingerprint density at radius 2 is 1.75 bits per heavy atom. The highest BCUT2D eigenvalue weighted by molar-refractivity contribution is 5.54. The molecule has 134 valence electrons. The van der Waals surface area contributed by atoms with Gasteiger partial charge < -0.3 is 14.2 Å². The minimum atomic E-state index is -0.424. The summed E-state index contributed by atoms with van der Waals surface area (Å²) < 4.78 is 16.1. The van der Waals surface area contributed by atoms with Crippen LogP contribution in [-0.4, -0.2) is 42.9 Å². The summed E-state index contributed by atoms with van der Waals surface area (Å²) >= 11 is 0. The van der Waals surface area contributed by atoms with Crippen LogP contribution in [0.5, 0.6) is 11.5 Å². The van der Waals surface area contributed by atoms with Gasteiger partial charge in [-0.3, -0.25) is 15.0 Å². The van der Waals surface area contributed by atoms with Gasteiger partial charge in [0.15, 0.2) is 11.5 Å². The smallest absolute Gasteiger partial charge is 0.278 e. The Kier molecular flexibility index (Phi) is 6.39. The van der Waals surface area contributed by atoms with Crippen molar-refractivity contribution in [1.82, 2.24) is 4.90 Å². The summed E-state index contributed by atoms with van der Waals surface area (Å²) in [5.74, 6) is 0.799. The number of benzene rings is 1. The Morgan fingerprint density at radius 3 is 2.29 bits per heavy atom. The van der Waals surface area contributed by atoms with Crippen molar-refractivity contribution in [2.75, 3.05) is 21.0 Å². The van der Waals surface area contributed by atoms with E-state index in [1.54, 1.807) is 6.07 Å². The standard InChI is InChI=1S/C17H26N2O5/c1-12-6-5-7-13(2)18(12)11-24-10-14-8-16(22-3)17(23-4)9-15(14)19(20)21/h8-9,12-13H,5-7,10-11H2,1-4H3. The molecule has 0 aromatic heterocycles. The molecule has 7 heteroatoms. The molecule has 0 bridgehead atoms. The number of methoxy groups -OCH3 is 2. The van der Waals surface area contributed by atoms with Crippen molar-refractivity contribution >= 4 is 5.69 Å². The molecule has 2 unspecified atom stereocenters. The molecule has 2 rings (SSSR count). The number of ether oxygens (including phenoxy) is 3. The first kappa shape index (κ1) is 18.5. The van der Waals surface area contributed by atoms with Crippen LogP contribution >= 0.6 is 0 Å². The van der Waals surface area contributed by atoms with Crippen LogP contribution in [0.1, 0.15) is 38.7 Å². The van der Waals surface area contributed by atoms with Crippen molar-refractivity contribution in [3.8, 4) is 11.5 Å². The summed E-state index contributed by atoms with van der Waals surface area (Å²) in [4.78, 5) is 13.2. The molecule has 0 N–H and O–H groups in total. The second-order valence-electron chi connectivity index (χ2n) is 6.21. The lowest BCUT2D eigenvalue weighted by Gasteiger charge is -2.38. The Balaban J connectivity index is 2.09. The summed E-state index contributed by atoms with van der Waals surface area (Å²) in [6.45, 7) is 5.01. The van der Waals surface area contributed by atoms with Gasteiger partial charge in [0.25, 0.3) is 5.69 Å². The molecule has 7 nitrogen and oxygen atoms in total. The maximum atomic E-state index is 11.3. The Labute approximate surface area is 142 Å².